The molecular formula is C8H13N3O. The number of carbonyl (C=O) groups excluding carboxylic acids is 1. The minimum absolute atomic E-state index is 0.0623. The van der Waals surface area contributed by atoms with Crippen LogP contribution in [0, 0.1) is 11.3 Å². The molecule has 1 N–H and O–H groups in total. The Kier molecular flexibility index (Phi) is 2.92. The van der Waals surface area contributed by atoms with Crippen molar-refractivity contribution in [3.05, 3.63) is 0 Å². The van der Waals surface area contributed by atoms with E-state index in [4.69, 9.17) is 5.26 Å². The van der Waals surface area contributed by atoms with Gasteiger partial charge >= 0.3 is 6.03 Å². The summed E-state index contributed by atoms with van der Waals surface area (Å²) in [5, 5.41) is 10.9. The van der Waals surface area contributed by atoms with Crippen molar-refractivity contribution in [2.75, 3.05) is 13.6 Å². The van der Waals surface area contributed by atoms with Crippen LogP contribution >= 0.6 is 0 Å². The number of nitrogens with zero attached hydrogens (tertiary/aromatic N) is 2. The zero-order valence-electron chi connectivity index (χ0n) is 7.21. The molecule has 2 amide bonds. The van der Waals surface area contributed by atoms with Gasteiger partial charge in [0.1, 0.15) is 0 Å². The van der Waals surface area contributed by atoms with Crippen molar-refractivity contribution in [3.63, 3.8) is 0 Å². The molecule has 1 fully saturated rings. The number of urea groups is 1. The standard InChI is InChI=1S/C8H13N3O/c1-10-8(12)11(6-2-5-9)7-3-4-7/h7H,2-4,6H2,1H3,(H,10,12). The topological polar surface area (TPSA) is 56.1 Å². The number of nitrogens with one attached hydrogen (secondary N) is 1. The largest absolute Gasteiger partial charge is 0.341 e. The molecule has 0 unspecified atom stereocenters. The van der Waals surface area contributed by atoms with Gasteiger partial charge in [-0.1, -0.05) is 0 Å². The van der Waals surface area contributed by atoms with Crippen molar-refractivity contribution in [1.82, 2.24) is 10.2 Å². The molecule has 0 aromatic rings. The molecule has 1 aliphatic carbocycles. The van der Waals surface area contributed by atoms with Crippen LogP contribution in [-0.2, 0) is 0 Å². The molecule has 0 bridgehead atoms. The van der Waals surface area contributed by atoms with Crippen LogP contribution in [0.2, 0.25) is 0 Å². The van der Waals surface area contributed by atoms with Crippen LogP contribution in [0.5, 0.6) is 0 Å². The first-order valence-electron chi connectivity index (χ1n) is 4.15. The zero-order chi connectivity index (χ0) is 8.97. The predicted molar refractivity (Wildman–Crippen MR) is 44.4 cm³/mol. The van der Waals surface area contributed by atoms with Crippen molar-refractivity contribution < 1.29 is 4.79 Å². The van der Waals surface area contributed by atoms with Gasteiger partial charge in [-0.3, -0.25) is 0 Å². The maximum Gasteiger partial charge on any atom is 0.317 e. The van der Waals surface area contributed by atoms with E-state index in [1.165, 1.54) is 0 Å². The average Bonchev–Trinajstić information content (AvgIpc) is 2.88. The fraction of sp³-hybridized carbons (Fsp3) is 0.750. The van der Waals surface area contributed by atoms with Gasteiger partial charge < -0.3 is 10.2 Å². The normalized spacial score (nSPS) is 15.0. The molecule has 0 atom stereocenters. The molecule has 1 aliphatic rings. The molecule has 0 heterocycles. The second-order valence-electron chi connectivity index (χ2n) is 2.89. The highest BCUT2D eigenvalue weighted by Gasteiger charge is 2.31. The Balaban J connectivity index is 2.38. The number of rotatable bonds is 3. The summed E-state index contributed by atoms with van der Waals surface area (Å²) in [5.41, 5.74) is 0. The molecule has 1 saturated carbocycles. The number of nitriles is 1. The summed E-state index contributed by atoms with van der Waals surface area (Å²) >= 11 is 0. The Morgan fingerprint density at radius 1 is 1.75 bits per heavy atom. The highest BCUT2D eigenvalue weighted by Crippen LogP contribution is 2.26. The maximum absolute atomic E-state index is 11.2. The molecule has 0 aromatic heterocycles. The minimum atomic E-state index is -0.0623. The van der Waals surface area contributed by atoms with Gasteiger partial charge in [-0.15, -0.1) is 0 Å². The minimum Gasteiger partial charge on any atom is -0.341 e. The van der Waals surface area contributed by atoms with Crippen LogP contribution in [0.15, 0.2) is 0 Å². The van der Waals surface area contributed by atoms with Crippen molar-refractivity contribution in [2.45, 2.75) is 25.3 Å². The van der Waals surface area contributed by atoms with E-state index in [2.05, 4.69) is 5.32 Å². The Morgan fingerprint density at radius 2 is 2.42 bits per heavy atom. The summed E-state index contributed by atoms with van der Waals surface area (Å²) in [5.74, 6) is 0. The van der Waals surface area contributed by atoms with Crippen LogP contribution in [0.25, 0.3) is 0 Å². The third-order valence-corrected chi connectivity index (χ3v) is 1.93. The summed E-state index contributed by atoms with van der Waals surface area (Å²) in [4.78, 5) is 12.9. The number of hydrogen-bond acceptors (Lipinski definition) is 2. The van der Waals surface area contributed by atoms with Crippen molar-refractivity contribution in [2.24, 2.45) is 0 Å². The first kappa shape index (κ1) is 8.85. The van der Waals surface area contributed by atoms with Gasteiger partial charge in [-0.05, 0) is 12.8 Å². The molecular weight excluding hydrogens is 154 g/mol. The van der Waals surface area contributed by atoms with Gasteiger partial charge in [0.2, 0.25) is 0 Å². The second kappa shape index (κ2) is 3.96. The zero-order valence-corrected chi connectivity index (χ0v) is 7.21. The summed E-state index contributed by atoms with van der Waals surface area (Å²) in [6, 6.07) is 2.36. The summed E-state index contributed by atoms with van der Waals surface area (Å²) < 4.78 is 0. The van der Waals surface area contributed by atoms with Crippen LogP contribution in [-0.4, -0.2) is 30.6 Å². The average molecular weight is 167 g/mol. The summed E-state index contributed by atoms with van der Waals surface area (Å²) in [7, 11) is 1.62. The molecule has 0 saturated heterocycles. The molecule has 0 aromatic carbocycles. The SMILES string of the molecule is CNC(=O)N(CCC#N)C1CC1. The van der Waals surface area contributed by atoms with E-state index in [0.717, 1.165) is 12.8 Å². The first-order valence-corrected chi connectivity index (χ1v) is 4.15. The molecule has 0 aliphatic heterocycles. The van der Waals surface area contributed by atoms with Gasteiger partial charge in [-0.25, -0.2) is 4.79 Å². The highest BCUT2D eigenvalue weighted by atomic mass is 16.2. The predicted octanol–water partition coefficient (Wildman–Crippen LogP) is 0.704. The number of amides is 2. The van der Waals surface area contributed by atoms with Gasteiger partial charge in [-0.2, -0.15) is 5.26 Å². The van der Waals surface area contributed by atoms with Crippen molar-refractivity contribution in [1.29, 1.82) is 5.26 Å². The van der Waals surface area contributed by atoms with Crippen molar-refractivity contribution in [3.8, 4) is 6.07 Å². The van der Waals surface area contributed by atoms with Crippen LogP contribution in [0.4, 0.5) is 4.79 Å². The smallest absolute Gasteiger partial charge is 0.317 e. The Labute approximate surface area is 72.2 Å². The van der Waals surface area contributed by atoms with Crippen LogP contribution in [0.1, 0.15) is 19.3 Å². The Morgan fingerprint density at radius 3 is 2.83 bits per heavy atom. The fourth-order valence-electron chi connectivity index (χ4n) is 1.15. The van der Waals surface area contributed by atoms with Crippen molar-refractivity contribution >= 4 is 6.03 Å². The van der Waals surface area contributed by atoms with E-state index in [9.17, 15) is 4.79 Å². The molecule has 4 heteroatoms. The van der Waals surface area contributed by atoms with Crippen LogP contribution in [0.3, 0.4) is 0 Å². The molecule has 12 heavy (non-hydrogen) atoms. The highest BCUT2D eigenvalue weighted by molar-refractivity contribution is 5.74. The lowest BCUT2D eigenvalue weighted by Gasteiger charge is -2.19. The quantitative estimate of drug-likeness (QED) is 0.672. The van der Waals surface area contributed by atoms with Gasteiger partial charge in [0, 0.05) is 19.6 Å². The fourth-order valence-corrected chi connectivity index (χ4v) is 1.15. The first-order chi connectivity index (χ1) is 5.79. The Hall–Kier alpha value is -1.24. The number of carbonyl (C=O) groups is 1. The second-order valence-corrected chi connectivity index (χ2v) is 2.89. The monoisotopic (exact) mass is 167 g/mol. The van der Waals surface area contributed by atoms with E-state index in [1.54, 1.807) is 11.9 Å². The molecule has 0 radical (unpaired) electrons. The van der Waals surface area contributed by atoms with Gasteiger partial charge in [0.15, 0.2) is 0 Å². The maximum atomic E-state index is 11.2. The molecule has 1 rings (SSSR count). The van der Waals surface area contributed by atoms with Gasteiger partial charge in [0.05, 0.1) is 12.5 Å². The third kappa shape index (κ3) is 2.12. The van der Waals surface area contributed by atoms with E-state index in [0.29, 0.717) is 19.0 Å². The van der Waals surface area contributed by atoms with Gasteiger partial charge in [0.25, 0.3) is 0 Å². The summed E-state index contributed by atoms with van der Waals surface area (Å²) in [6.07, 6.45) is 2.58. The summed E-state index contributed by atoms with van der Waals surface area (Å²) in [6.45, 7) is 0.556. The van der Waals surface area contributed by atoms with Crippen LogP contribution < -0.4 is 5.32 Å². The third-order valence-electron chi connectivity index (χ3n) is 1.93. The lowest BCUT2D eigenvalue weighted by Crippen LogP contribution is -2.40. The van der Waals surface area contributed by atoms with E-state index in [-0.39, 0.29) is 6.03 Å². The molecule has 66 valence electrons. The molecule has 0 spiro atoms. The number of hydrogen-bond donors (Lipinski definition) is 1. The van der Waals surface area contributed by atoms with E-state index in [1.807, 2.05) is 6.07 Å². The van der Waals surface area contributed by atoms with E-state index < -0.39 is 0 Å². The Bertz CT molecular complexity index is 205. The molecule has 4 nitrogen and oxygen atoms in total. The van der Waals surface area contributed by atoms with E-state index >= 15 is 0 Å². The lowest BCUT2D eigenvalue weighted by molar-refractivity contribution is 0.198. The lowest BCUT2D eigenvalue weighted by atomic mass is 10.4.